The van der Waals surface area contributed by atoms with Crippen LogP contribution in [0.5, 0.6) is 0 Å². The molecule has 1 aromatic rings. The Labute approximate surface area is 85.5 Å². The van der Waals surface area contributed by atoms with Crippen LogP contribution in [0.15, 0.2) is 12.4 Å². The third-order valence-corrected chi connectivity index (χ3v) is 2.08. The molecule has 1 rings (SSSR count). The lowest BCUT2D eigenvalue weighted by molar-refractivity contribution is 0.562. The van der Waals surface area contributed by atoms with Crippen molar-refractivity contribution in [3.05, 3.63) is 16.0 Å². The number of halogens is 1. The molecule has 0 unspecified atom stereocenters. The van der Waals surface area contributed by atoms with Crippen molar-refractivity contribution in [3.63, 3.8) is 0 Å². The molecule has 0 saturated heterocycles. The van der Waals surface area contributed by atoms with E-state index in [4.69, 9.17) is 5.26 Å². The van der Waals surface area contributed by atoms with E-state index in [1.54, 1.807) is 0 Å². The van der Waals surface area contributed by atoms with E-state index in [1.165, 1.54) is 0 Å². The lowest BCUT2D eigenvalue weighted by Gasteiger charge is -1.97. The number of hydrogen-bond acceptors (Lipinski definition) is 2. The molecule has 0 aliphatic rings. The molecule has 12 heavy (non-hydrogen) atoms. The summed E-state index contributed by atoms with van der Waals surface area (Å²) < 4.78 is 3.08. The van der Waals surface area contributed by atoms with Crippen LogP contribution >= 0.6 is 22.6 Å². The zero-order valence-electron chi connectivity index (χ0n) is 6.70. The summed E-state index contributed by atoms with van der Waals surface area (Å²) in [6.45, 7) is 0.921. The minimum absolute atomic E-state index is 0.651. The zero-order chi connectivity index (χ0) is 8.81. The van der Waals surface area contributed by atoms with Crippen LogP contribution in [0.3, 0.4) is 0 Å². The van der Waals surface area contributed by atoms with Crippen LogP contribution in [0, 0.1) is 14.9 Å². The van der Waals surface area contributed by atoms with Gasteiger partial charge in [0.05, 0.1) is 15.8 Å². The van der Waals surface area contributed by atoms with E-state index < -0.39 is 0 Å². The van der Waals surface area contributed by atoms with Crippen molar-refractivity contribution in [2.24, 2.45) is 0 Å². The molecule has 1 heterocycles. The van der Waals surface area contributed by atoms with E-state index in [-0.39, 0.29) is 0 Å². The third-order valence-electron chi connectivity index (χ3n) is 1.53. The van der Waals surface area contributed by atoms with Crippen LogP contribution in [-0.4, -0.2) is 9.78 Å². The van der Waals surface area contributed by atoms with Gasteiger partial charge in [-0.2, -0.15) is 10.4 Å². The molecule has 0 atom stereocenters. The maximum atomic E-state index is 8.29. The van der Waals surface area contributed by atoms with Crippen molar-refractivity contribution >= 4 is 22.6 Å². The summed E-state index contributed by atoms with van der Waals surface area (Å²) in [5.74, 6) is 0. The van der Waals surface area contributed by atoms with E-state index in [0.717, 1.165) is 23.0 Å². The Kier molecular flexibility index (Phi) is 4.08. The maximum Gasteiger partial charge on any atom is 0.0623 e. The van der Waals surface area contributed by atoms with Gasteiger partial charge in [-0.1, -0.05) is 0 Å². The molecule has 0 aliphatic carbocycles. The van der Waals surface area contributed by atoms with Crippen molar-refractivity contribution in [1.29, 1.82) is 5.26 Å². The molecule has 0 bridgehead atoms. The number of nitriles is 1. The molecule has 0 amide bonds. The van der Waals surface area contributed by atoms with Crippen molar-refractivity contribution in [2.75, 3.05) is 0 Å². The molecule has 0 aromatic carbocycles. The molecule has 0 saturated carbocycles. The lowest BCUT2D eigenvalue weighted by atomic mass is 10.2. The van der Waals surface area contributed by atoms with Gasteiger partial charge in [-0.15, -0.1) is 0 Å². The van der Waals surface area contributed by atoms with E-state index in [1.807, 2.05) is 17.1 Å². The van der Waals surface area contributed by atoms with Gasteiger partial charge < -0.3 is 0 Å². The maximum absolute atomic E-state index is 8.29. The molecule has 0 spiro atoms. The summed E-state index contributed by atoms with van der Waals surface area (Å²) in [6, 6.07) is 2.13. The van der Waals surface area contributed by atoms with E-state index in [2.05, 4.69) is 33.8 Å². The summed E-state index contributed by atoms with van der Waals surface area (Å²) in [5, 5.41) is 12.4. The van der Waals surface area contributed by atoms with Gasteiger partial charge in [-0.25, -0.2) is 0 Å². The molecule has 64 valence electrons. The fraction of sp³-hybridized carbons (Fsp3) is 0.500. The predicted octanol–water partition coefficient (Wildman–Crippen LogP) is 2.18. The Balaban J connectivity index is 2.21. The summed E-state index contributed by atoms with van der Waals surface area (Å²) >= 11 is 2.23. The number of rotatable bonds is 4. The Morgan fingerprint density at radius 2 is 2.42 bits per heavy atom. The molecule has 3 nitrogen and oxygen atoms in total. The molecule has 0 aliphatic heterocycles. The lowest BCUT2D eigenvalue weighted by Crippen LogP contribution is -1.97. The highest BCUT2D eigenvalue weighted by molar-refractivity contribution is 14.1. The van der Waals surface area contributed by atoms with E-state index >= 15 is 0 Å². The van der Waals surface area contributed by atoms with Crippen LogP contribution in [-0.2, 0) is 6.54 Å². The fourth-order valence-corrected chi connectivity index (χ4v) is 1.38. The van der Waals surface area contributed by atoms with Crippen LogP contribution in [0.25, 0.3) is 0 Å². The molecule has 0 radical (unpaired) electrons. The topological polar surface area (TPSA) is 41.6 Å². The molecule has 0 fully saturated rings. The first kappa shape index (κ1) is 9.52. The second kappa shape index (κ2) is 5.14. The second-order valence-corrected chi connectivity index (χ2v) is 3.78. The molecule has 4 heteroatoms. The fourth-order valence-electron chi connectivity index (χ4n) is 0.938. The van der Waals surface area contributed by atoms with Crippen molar-refractivity contribution in [2.45, 2.75) is 25.8 Å². The van der Waals surface area contributed by atoms with Crippen molar-refractivity contribution in [3.8, 4) is 6.07 Å². The van der Waals surface area contributed by atoms with Gasteiger partial charge in [-0.3, -0.25) is 4.68 Å². The Bertz CT molecular complexity index is 274. The monoisotopic (exact) mass is 275 g/mol. The van der Waals surface area contributed by atoms with Gasteiger partial charge in [0.25, 0.3) is 0 Å². The van der Waals surface area contributed by atoms with E-state index in [0.29, 0.717) is 6.42 Å². The number of hydrogen-bond donors (Lipinski definition) is 0. The van der Waals surface area contributed by atoms with Crippen LogP contribution in [0.2, 0.25) is 0 Å². The zero-order valence-corrected chi connectivity index (χ0v) is 8.86. The smallest absolute Gasteiger partial charge is 0.0623 e. The van der Waals surface area contributed by atoms with Crippen molar-refractivity contribution < 1.29 is 0 Å². The molecule has 0 N–H and O–H groups in total. The number of aryl methyl sites for hydroxylation is 1. The van der Waals surface area contributed by atoms with Gasteiger partial charge in [0, 0.05) is 19.2 Å². The Hall–Kier alpha value is -0.570. The summed E-state index contributed by atoms with van der Waals surface area (Å²) in [4.78, 5) is 0. The molecule has 1 aromatic heterocycles. The Morgan fingerprint density at radius 3 is 3.00 bits per heavy atom. The third kappa shape index (κ3) is 3.22. The normalized spacial score (nSPS) is 9.67. The summed E-state index contributed by atoms with van der Waals surface area (Å²) in [7, 11) is 0. The van der Waals surface area contributed by atoms with Crippen LogP contribution in [0.1, 0.15) is 19.3 Å². The first-order chi connectivity index (χ1) is 5.83. The second-order valence-electron chi connectivity index (χ2n) is 2.54. The minimum Gasteiger partial charge on any atom is -0.272 e. The predicted molar refractivity (Wildman–Crippen MR) is 54.4 cm³/mol. The average Bonchev–Trinajstić information content (AvgIpc) is 2.45. The SMILES string of the molecule is N#CCCCCn1cc(I)cn1. The molecular formula is C8H10IN3. The number of aromatic nitrogens is 2. The number of unbranched alkanes of at least 4 members (excludes halogenated alkanes) is 2. The highest BCUT2D eigenvalue weighted by Gasteiger charge is 1.93. The van der Waals surface area contributed by atoms with Gasteiger partial charge in [0.1, 0.15) is 0 Å². The van der Waals surface area contributed by atoms with Crippen molar-refractivity contribution in [1.82, 2.24) is 9.78 Å². The highest BCUT2D eigenvalue weighted by Crippen LogP contribution is 2.03. The molecular weight excluding hydrogens is 265 g/mol. The summed E-state index contributed by atoms with van der Waals surface area (Å²) in [6.07, 6.45) is 6.49. The standard InChI is InChI=1S/C8H10IN3/c9-8-6-11-12(7-8)5-3-1-2-4-10/h6-7H,1-3,5H2. The van der Waals surface area contributed by atoms with Gasteiger partial charge in [-0.05, 0) is 35.4 Å². The van der Waals surface area contributed by atoms with Gasteiger partial charge >= 0.3 is 0 Å². The van der Waals surface area contributed by atoms with Gasteiger partial charge in [0.2, 0.25) is 0 Å². The van der Waals surface area contributed by atoms with E-state index in [9.17, 15) is 0 Å². The van der Waals surface area contributed by atoms with Crippen LogP contribution in [0.4, 0.5) is 0 Å². The first-order valence-corrected chi connectivity index (χ1v) is 4.95. The number of nitrogens with zero attached hydrogens (tertiary/aromatic N) is 3. The van der Waals surface area contributed by atoms with Crippen LogP contribution < -0.4 is 0 Å². The Morgan fingerprint density at radius 1 is 1.58 bits per heavy atom. The average molecular weight is 275 g/mol. The minimum atomic E-state index is 0.651. The first-order valence-electron chi connectivity index (χ1n) is 3.88. The highest BCUT2D eigenvalue weighted by atomic mass is 127. The quantitative estimate of drug-likeness (QED) is 0.624. The largest absolute Gasteiger partial charge is 0.272 e. The summed E-state index contributed by atoms with van der Waals surface area (Å²) in [5.41, 5.74) is 0. The van der Waals surface area contributed by atoms with Gasteiger partial charge in [0.15, 0.2) is 0 Å².